The van der Waals surface area contributed by atoms with E-state index in [0.29, 0.717) is 6.10 Å². The van der Waals surface area contributed by atoms with Crippen molar-refractivity contribution >= 4 is 0 Å². The van der Waals surface area contributed by atoms with E-state index in [0.717, 1.165) is 31.6 Å². The van der Waals surface area contributed by atoms with Gasteiger partial charge < -0.3 is 15.2 Å². The molecule has 1 saturated heterocycles. The molecule has 2 N–H and O–H groups in total. The molecule has 0 aromatic carbocycles. The molecule has 5 nitrogen and oxygen atoms in total. The number of ether oxygens (including phenoxy) is 1. The number of nitrogens with one attached hydrogen (secondary N) is 1. The number of rotatable bonds is 5. The van der Waals surface area contributed by atoms with Gasteiger partial charge in [-0.3, -0.25) is 4.68 Å². The molecule has 2 unspecified atom stereocenters. The summed E-state index contributed by atoms with van der Waals surface area (Å²) in [6, 6.07) is -0.0436. The van der Waals surface area contributed by atoms with E-state index in [-0.39, 0.29) is 12.6 Å². The fourth-order valence-corrected chi connectivity index (χ4v) is 1.99. The van der Waals surface area contributed by atoms with E-state index in [9.17, 15) is 5.11 Å². The van der Waals surface area contributed by atoms with Crippen LogP contribution >= 0.6 is 0 Å². The van der Waals surface area contributed by atoms with Gasteiger partial charge in [0.2, 0.25) is 0 Å². The Labute approximate surface area is 95.4 Å². The normalized spacial score (nSPS) is 22.5. The molecule has 2 atom stereocenters. The van der Waals surface area contributed by atoms with Crippen LogP contribution in [0.5, 0.6) is 0 Å². The molecule has 1 aromatic rings. The molecule has 2 rings (SSSR count). The van der Waals surface area contributed by atoms with Crippen molar-refractivity contribution in [3.05, 3.63) is 18.0 Å². The summed E-state index contributed by atoms with van der Waals surface area (Å²) >= 11 is 0. The van der Waals surface area contributed by atoms with E-state index in [1.807, 2.05) is 13.2 Å². The lowest BCUT2D eigenvalue weighted by Gasteiger charge is -2.17. The van der Waals surface area contributed by atoms with Crippen LogP contribution in [0.1, 0.15) is 24.4 Å². The van der Waals surface area contributed by atoms with Crippen molar-refractivity contribution in [3.8, 4) is 0 Å². The van der Waals surface area contributed by atoms with E-state index in [1.54, 1.807) is 10.9 Å². The van der Waals surface area contributed by atoms with Crippen molar-refractivity contribution in [1.82, 2.24) is 15.1 Å². The molecule has 1 aromatic heterocycles. The van der Waals surface area contributed by atoms with Crippen LogP contribution in [0.25, 0.3) is 0 Å². The van der Waals surface area contributed by atoms with Crippen molar-refractivity contribution in [2.45, 2.75) is 25.0 Å². The average molecular weight is 225 g/mol. The third-order valence-electron chi connectivity index (χ3n) is 2.93. The highest BCUT2D eigenvalue weighted by atomic mass is 16.5. The quantitative estimate of drug-likeness (QED) is 0.752. The van der Waals surface area contributed by atoms with Gasteiger partial charge in [-0.25, -0.2) is 0 Å². The van der Waals surface area contributed by atoms with Gasteiger partial charge >= 0.3 is 0 Å². The highest BCUT2D eigenvalue weighted by Crippen LogP contribution is 2.14. The molecule has 1 aliphatic heterocycles. The van der Waals surface area contributed by atoms with E-state index >= 15 is 0 Å². The topological polar surface area (TPSA) is 59.3 Å². The monoisotopic (exact) mass is 225 g/mol. The number of hydrogen-bond donors (Lipinski definition) is 2. The number of aryl methyl sites for hydroxylation is 1. The summed E-state index contributed by atoms with van der Waals surface area (Å²) in [4.78, 5) is 0. The summed E-state index contributed by atoms with van der Waals surface area (Å²) in [6.45, 7) is 1.74. The van der Waals surface area contributed by atoms with E-state index in [4.69, 9.17) is 4.74 Å². The predicted octanol–water partition coefficient (Wildman–Crippen LogP) is 0.222. The van der Waals surface area contributed by atoms with Gasteiger partial charge in [0, 0.05) is 32.0 Å². The van der Waals surface area contributed by atoms with Crippen LogP contribution in [0.2, 0.25) is 0 Å². The molecule has 90 valence electrons. The van der Waals surface area contributed by atoms with Crippen LogP contribution in [0.15, 0.2) is 12.4 Å². The lowest BCUT2D eigenvalue weighted by molar-refractivity contribution is 0.104. The summed E-state index contributed by atoms with van der Waals surface area (Å²) in [6.07, 6.45) is 6.25. The number of nitrogens with zero attached hydrogens (tertiary/aromatic N) is 2. The van der Waals surface area contributed by atoms with Crippen LogP contribution < -0.4 is 5.32 Å². The molecule has 0 bridgehead atoms. The van der Waals surface area contributed by atoms with E-state index < -0.39 is 0 Å². The van der Waals surface area contributed by atoms with Crippen LogP contribution in [0.3, 0.4) is 0 Å². The van der Waals surface area contributed by atoms with Gasteiger partial charge in [0.1, 0.15) is 0 Å². The number of aliphatic hydroxyl groups excluding tert-OH is 1. The molecule has 1 aliphatic rings. The second-order valence-electron chi connectivity index (χ2n) is 4.23. The first-order valence-corrected chi connectivity index (χ1v) is 5.74. The van der Waals surface area contributed by atoms with Crippen LogP contribution in [0, 0.1) is 0 Å². The van der Waals surface area contributed by atoms with Gasteiger partial charge in [-0.05, 0) is 12.8 Å². The molecule has 0 aliphatic carbocycles. The van der Waals surface area contributed by atoms with Gasteiger partial charge in [-0.15, -0.1) is 0 Å². The zero-order valence-electron chi connectivity index (χ0n) is 9.59. The Morgan fingerprint density at radius 3 is 3.19 bits per heavy atom. The average Bonchev–Trinajstić information content (AvgIpc) is 2.91. The highest BCUT2D eigenvalue weighted by Gasteiger charge is 2.18. The molecular weight excluding hydrogens is 206 g/mol. The first-order valence-electron chi connectivity index (χ1n) is 5.74. The molecule has 1 fully saturated rings. The summed E-state index contributed by atoms with van der Waals surface area (Å²) in [7, 11) is 1.87. The zero-order valence-corrected chi connectivity index (χ0v) is 9.59. The summed E-state index contributed by atoms with van der Waals surface area (Å²) in [5.74, 6) is 0. The first kappa shape index (κ1) is 11.6. The molecular formula is C11H19N3O2. The Morgan fingerprint density at radius 2 is 2.62 bits per heavy atom. The Hall–Kier alpha value is -0.910. The largest absolute Gasteiger partial charge is 0.394 e. The number of aromatic nitrogens is 2. The Balaban J connectivity index is 1.85. The maximum absolute atomic E-state index is 9.32. The van der Waals surface area contributed by atoms with Crippen LogP contribution in [-0.4, -0.2) is 40.7 Å². The lowest BCUT2D eigenvalue weighted by atomic mass is 10.1. The van der Waals surface area contributed by atoms with Gasteiger partial charge in [0.25, 0.3) is 0 Å². The van der Waals surface area contributed by atoms with Crippen molar-refractivity contribution in [2.75, 3.05) is 19.8 Å². The van der Waals surface area contributed by atoms with Crippen molar-refractivity contribution < 1.29 is 9.84 Å². The Kier molecular flexibility index (Phi) is 3.93. The fourth-order valence-electron chi connectivity index (χ4n) is 1.99. The third kappa shape index (κ3) is 2.81. The highest BCUT2D eigenvalue weighted by molar-refractivity contribution is 5.10. The fraction of sp³-hybridized carbons (Fsp3) is 0.727. The van der Waals surface area contributed by atoms with Gasteiger partial charge in [-0.1, -0.05) is 0 Å². The molecule has 0 radical (unpaired) electrons. The van der Waals surface area contributed by atoms with Crippen molar-refractivity contribution in [2.24, 2.45) is 7.05 Å². The SMILES string of the molecule is Cn1cc(C(CO)NCC2CCCO2)cn1. The molecule has 5 heteroatoms. The van der Waals surface area contributed by atoms with Crippen LogP contribution in [0.4, 0.5) is 0 Å². The maximum Gasteiger partial charge on any atom is 0.0700 e. The molecule has 0 saturated carbocycles. The van der Waals surface area contributed by atoms with Gasteiger partial charge in [-0.2, -0.15) is 5.10 Å². The van der Waals surface area contributed by atoms with Gasteiger partial charge in [0.15, 0.2) is 0 Å². The third-order valence-corrected chi connectivity index (χ3v) is 2.93. The maximum atomic E-state index is 9.32. The first-order chi connectivity index (χ1) is 7.79. The Bertz CT molecular complexity index is 321. The van der Waals surface area contributed by atoms with Crippen molar-refractivity contribution in [3.63, 3.8) is 0 Å². The minimum atomic E-state index is -0.0436. The molecule has 0 spiro atoms. The summed E-state index contributed by atoms with van der Waals surface area (Å²) < 4.78 is 7.27. The van der Waals surface area contributed by atoms with E-state index in [2.05, 4.69) is 10.4 Å². The second-order valence-corrected chi connectivity index (χ2v) is 4.23. The molecule has 16 heavy (non-hydrogen) atoms. The number of aliphatic hydroxyl groups is 1. The molecule has 2 heterocycles. The minimum absolute atomic E-state index is 0.0436. The van der Waals surface area contributed by atoms with Gasteiger partial charge in [0.05, 0.1) is 24.9 Å². The lowest BCUT2D eigenvalue weighted by Crippen LogP contribution is -2.31. The Morgan fingerprint density at radius 1 is 1.75 bits per heavy atom. The van der Waals surface area contributed by atoms with Crippen molar-refractivity contribution in [1.29, 1.82) is 0 Å². The smallest absolute Gasteiger partial charge is 0.0700 e. The molecule has 0 amide bonds. The van der Waals surface area contributed by atoms with Crippen LogP contribution in [-0.2, 0) is 11.8 Å². The predicted molar refractivity (Wildman–Crippen MR) is 60.0 cm³/mol. The summed E-state index contributed by atoms with van der Waals surface area (Å²) in [5, 5.41) is 16.7. The summed E-state index contributed by atoms with van der Waals surface area (Å²) in [5.41, 5.74) is 1.02. The standard InChI is InChI=1S/C11H19N3O2/c1-14-7-9(5-13-14)11(8-15)12-6-10-3-2-4-16-10/h5,7,10-12,15H,2-4,6,8H2,1H3. The minimum Gasteiger partial charge on any atom is -0.394 e. The van der Waals surface area contributed by atoms with E-state index in [1.165, 1.54) is 0 Å². The second kappa shape index (κ2) is 5.43. The zero-order chi connectivity index (χ0) is 11.4. The number of hydrogen-bond acceptors (Lipinski definition) is 4.